The molecule has 0 saturated heterocycles. The molecule has 0 fully saturated rings. The molecule has 6 nitrogen and oxygen atoms in total. The molecule has 0 aromatic carbocycles. The van der Waals surface area contributed by atoms with Gasteiger partial charge in [0.15, 0.2) is 0 Å². The number of unbranched alkanes of at least 4 members (excludes halogenated alkanes) is 35. The van der Waals surface area contributed by atoms with E-state index in [0.29, 0.717) is 19.3 Å². The Morgan fingerprint density at radius 1 is 0.444 bits per heavy atom. The second-order valence-electron chi connectivity index (χ2n) is 19.3. The molecule has 0 rings (SSSR count). The maximum absolute atomic E-state index is 13.2. The molecule has 6 heteroatoms. The second-order valence-corrected chi connectivity index (χ2v) is 19.3. The molecule has 1 amide bonds. The molecule has 0 aliphatic heterocycles. The van der Waals surface area contributed by atoms with E-state index in [2.05, 4.69) is 50.4 Å². The highest BCUT2D eigenvalue weighted by Crippen LogP contribution is 2.18. The number of carbonyl (C=O) groups is 2. The molecule has 3 atom stereocenters. The average molecular weight is 889 g/mol. The van der Waals surface area contributed by atoms with Gasteiger partial charge in [-0.3, -0.25) is 9.59 Å². The highest BCUT2D eigenvalue weighted by atomic mass is 16.5. The quantitative estimate of drug-likeness (QED) is 0.0321. The maximum atomic E-state index is 13.2. The monoisotopic (exact) mass is 888 g/mol. The van der Waals surface area contributed by atoms with Crippen LogP contribution in [0.2, 0.25) is 0 Å². The van der Waals surface area contributed by atoms with Gasteiger partial charge in [0.25, 0.3) is 0 Å². The number of aliphatic hydroxyl groups is 2. The van der Waals surface area contributed by atoms with E-state index in [9.17, 15) is 19.8 Å². The first-order valence-corrected chi connectivity index (χ1v) is 28.1. The number of amides is 1. The van der Waals surface area contributed by atoms with Gasteiger partial charge in [0, 0.05) is 6.42 Å². The lowest BCUT2D eigenvalue weighted by Crippen LogP contribution is -2.46. The zero-order chi connectivity index (χ0) is 45.9. The largest absolute Gasteiger partial charge is 0.462 e. The third kappa shape index (κ3) is 46.7. The van der Waals surface area contributed by atoms with Gasteiger partial charge in [-0.25, -0.2) is 0 Å². The van der Waals surface area contributed by atoms with Crippen LogP contribution in [0.15, 0.2) is 24.3 Å². The van der Waals surface area contributed by atoms with Crippen LogP contribution in [0.25, 0.3) is 0 Å². The van der Waals surface area contributed by atoms with Crippen LogP contribution in [0.3, 0.4) is 0 Å². The van der Waals surface area contributed by atoms with Gasteiger partial charge in [-0.2, -0.15) is 0 Å². The van der Waals surface area contributed by atoms with Gasteiger partial charge in [-0.05, 0) is 77.0 Å². The lowest BCUT2D eigenvalue weighted by molar-refractivity contribution is -0.151. The van der Waals surface area contributed by atoms with E-state index in [1.165, 1.54) is 199 Å². The summed E-state index contributed by atoms with van der Waals surface area (Å²) in [6, 6.07) is -0.704. The Hall–Kier alpha value is -1.66. The van der Waals surface area contributed by atoms with Gasteiger partial charge in [-0.15, -0.1) is 0 Å². The summed E-state index contributed by atoms with van der Waals surface area (Å²) in [7, 11) is 0. The first-order valence-electron chi connectivity index (χ1n) is 28.1. The van der Waals surface area contributed by atoms with Crippen LogP contribution in [0, 0.1) is 0 Å². The van der Waals surface area contributed by atoms with E-state index in [-0.39, 0.29) is 24.9 Å². The Morgan fingerprint density at radius 2 is 0.762 bits per heavy atom. The number of nitrogens with one attached hydrogen (secondary N) is 1. The molecular weight excluding hydrogens is 779 g/mol. The molecule has 0 aliphatic carbocycles. The fourth-order valence-corrected chi connectivity index (χ4v) is 8.72. The lowest BCUT2D eigenvalue weighted by atomic mass is 10.0. The van der Waals surface area contributed by atoms with Crippen molar-refractivity contribution in [3.63, 3.8) is 0 Å². The number of carbonyl (C=O) groups excluding carboxylic acids is 2. The highest BCUT2D eigenvalue weighted by molar-refractivity contribution is 5.77. The fourth-order valence-electron chi connectivity index (χ4n) is 8.72. The van der Waals surface area contributed by atoms with Crippen molar-refractivity contribution >= 4 is 11.9 Å². The zero-order valence-electron chi connectivity index (χ0n) is 42.5. The molecule has 0 heterocycles. The van der Waals surface area contributed by atoms with Crippen LogP contribution in [-0.2, 0) is 14.3 Å². The summed E-state index contributed by atoms with van der Waals surface area (Å²) in [6.45, 7) is 6.49. The van der Waals surface area contributed by atoms with Crippen molar-refractivity contribution in [1.29, 1.82) is 0 Å². The molecule has 0 saturated carbocycles. The summed E-state index contributed by atoms with van der Waals surface area (Å²) in [4.78, 5) is 26.2. The Balaban J connectivity index is 4.54. The molecule has 0 radical (unpaired) electrons. The van der Waals surface area contributed by atoms with Crippen molar-refractivity contribution in [2.45, 2.75) is 322 Å². The van der Waals surface area contributed by atoms with Gasteiger partial charge in [0.05, 0.1) is 25.2 Å². The third-order valence-electron chi connectivity index (χ3n) is 13.0. The topological polar surface area (TPSA) is 95.9 Å². The number of allylic oxidation sites excluding steroid dienone is 4. The van der Waals surface area contributed by atoms with Gasteiger partial charge in [0.2, 0.25) is 5.91 Å². The van der Waals surface area contributed by atoms with E-state index in [1.54, 1.807) is 0 Å². The van der Waals surface area contributed by atoms with Crippen LogP contribution >= 0.6 is 0 Å². The highest BCUT2D eigenvalue weighted by Gasteiger charge is 2.24. The van der Waals surface area contributed by atoms with E-state index >= 15 is 0 Å². The maximum Gasteiger partial charge on any atom is 0.306 e. The number of ether oxygens (including phenoxy) is 1. The number of aliphatic hydroxyl groups excluding tert-OH is 2. The molecule has 372 valence electrons. The van der Waals surface area contributed by atoms with Crippen LogP contribution in [0.4, 0.5) is 0 Å². The van der Waals surface area contributed by atoms with Gasteiger partial charge in [0.1, 0.15) is 6.10 Å². The summed E-state index contributed by atoms with van der Waals surface area (Å²) in [5.41, 5.74) is 0. The second kappa shape index (κ2) is 51.3. The molecule has 3 unspecified atom stereocenters. The van der Waals surface area contributed by atoms with Gasteiger partial charge >= 0.3 is 5.97 Å². The summed E-state index contributed by atoms with van der Waals surface area (Å²) >= 11 is 0. The fraction of sp³-hybridized carbons (Fsp3) is 0.895. The summed E-state index contributed by atoms with van der Waals surface area (Å²) in [6.07, 6.45) is 59.5. The summed E-state index contributed by atoms with van der Waals surface area (Å²) < 4.78 is 5.94. The molecule has 0 aromatic rings. The Morgan fingerprint density at radius 3 is 1.16 bits per heavy atom. The normalized spacial score (nSPS) is 13.3. The van der Waals surface area contributed by atoms with Crippen LogP contribution in [0.5, 0.6) is 0 Å². The number of esters is 1. The first kappa shape index (κ1) is 61.3. The zero-order valence-corrected chi connectivity index (χ0v) is 42.5. The van der Waals surface area contributed by atoms with Gasteiger partial charge in [-0.1, -0.05) is 238 Å². The predicted octanol–water partition coefficient (Wildman–Crippen LogP) is 17.1. The molecule has 3 N–H and O–H groups in total. The SMILES string of the molecule is CCCCCC/C=C\CCCCCCCCCC(=O)OC(CCCCC/C=C/CCCCCCCCC)CC(=O)NC(CO)C(O)CCCCCCCCCCCCCCCCC. The Labute approximate surface area is 392 Å². The van der Waals surface area contributed by atoms with E-state index < -0.39 is 18.2 Å². The van der Waals surface area contributed by atoms with Crippen molar-refractivity contribution in [3.05, 3.63) is 24.3 Å². The molecular formula is C57H109NO5. The standard InChI is InChI=1S/C57H109NO5/c1-4-7-10-13-16-19-22-25-28-31-34-37-40-43-46-49-55(60)54(52-59)58-56(61)51-53(48-45-42-39-36-33-30-27-24-21-18-15-12-9-6-3)63-57(62)50-47-44-41-38-35-32-29-26-23-20-17-14-11-8-5-2/h20,23,30,33,53-55,59-60H,4-19,21-22,24-29,31-32,34-52H2,1-3H3,(H,58,61)/b23-20-,33-30+. The third-order valence-corrected chi connectivity index (χ3v) is 13.0. The van der Waals surface area contributed by atoms with Crippen LogP contribution < -0.4 is 5.32 Å². The van der Waals surface area contributed by atoms with E-state index in [0.717, 1.165) is 57.8 Å². The molecule has 0 spiro atoms. The van der Waals surface area contributed by atoms with Crippen molar-refractivity contribution in [1.82, 2.24) is 5.32 Å². The smallest absolute Gasteiger partial charge is 0.306 e. The molecule has 63 heavy (non-hydrogen) atoms. The molecule has 0 aliphatic rings. The number of rotatable bonds is 51. The minimum atomic E-state index is -0.789. The lowest BCUT2D eigenvalue weighted by Gasteiger charge is -2.24. The Bertz CT molecular complexity index is 997. The van der Waals surface area contributed by atoms with Crippen molar-refractivity contribution in [2.75, 3.05) is 6.61 Å². The van der Waals surface area contributed by atoms with E-state index in [4.69, 9.17) is 4.74 Å². The molecule has 0 bridgehead atoms. The number of hydrogen-bond donors (Lipinski definition) is 3. The van der Waals surface area contributed by atoms with Crippen molar-refractivity contribution < 1.29 is 24.5 Å². The average Bonchev–Trinajstić information content (AvgIpc) is 3.28. The van der Waals surface area contributed by atoms with Crippen LogP contribution in [-0.4, -0.2) is 46.9 Å². The number of hydrogen-bond acceptors (Lipinski definition) is 5. The molecule has 0 aromatic heterocycles. The first-order chi connectivity index (χ1) is 31.0. The van der Waals surface area contributed by atoms with Gasteiger partial charge < -0.3 is 20.3 Å². The van der Waals surface area contributed by atoms with E-state index in [1.807, 2.05) is 0 Å². The minimum Gasteiger partial charge on any atom is -0.462 e. The van der Waals surface area contributed by atoms with Crippen molar-refractivity contribution in [3.8, 4) is 0 Å². The van der Waals surface area contributed by atoms with Crippen molar-refractivity contribution in [2.24, 2.45) is 0 Å². The summed E-state index contributed by atoms with van der Waals surface area (Å²) in [5.74, 6) is -0.479. The predicted molar refractivity (Wildman–Crippen MR) is 273 cm³/mol. The van der Waals surface area contributed by atoms with Crippen LogP contribution in [0.1, 0.15) is 303 Å². The summed E-state index contributed by atoms with van der Waals surface area (Å²) in [5, 5.41) is 23.8. The minimum absolute atomic E-state index is 0.0698. The Kier molecular flexibility index (Phi) is 50.0.